The Kier molecular flexibility index (Phi) is 12.5. The van der Waals surface area contributed by atoms with Gasteiger partial charge >= 0.3 is 11.9 Å². The van der Waals surface area contributed by atoms with Crippen molar-refractivity contribution in [3.05, 3.63) is 52.3 Å². The zero-order chi connectivity index (χ0) is 33.2. The number of carbonyl (C=O) groups excluding carboxylic acids is 2. The zero-order valence-electron chi connectivity index (χ0n) is 26.0. The van der Waals surface area contributed by atoms with E-state index in [1.165, 1.54) is 25.2 Å². The van der Waals surface area contributed by atoms with Crippen LogP contribution in [0.2, 0.25) is 0 Å². The number of hydrogen-bond acceptors (Lipinski definition) is 11. The van der Waals surface area contributed by atoms with Gasteiger partial charge in [-0.15, -0.1) is 11.3 Å². The first-order valence-corrected chi connectivity index (χ1v) is 16.1. The first-order valence-electron chi connectivity index (χ1n) is 15.2. The van der Waals surface area contributed by atoms with E-state index in [0.29, 0.717) is 74.5 Å². The summed E-state index contributed by atoms with van der Waals surface area (Å²) in [6, 6.07) is 9.12. The largest absolute Gasteiger partial charge is 0.480 e. The molecule has 4 rings (SSSR count). The highest BCUT2D eigenvalue weighted by atomic mass is 32.1. The van der Waals surface area contributed by atoms with Crippen molar-refractivity contribution in [3.63, 3.8) is 0 Å². The average molecular weight is 656 g/mol. The number of aromatic nitrogens is 1. The van der Waals surface area contributed by atoms with E-state index in [0.717, 1.165) is 10.4 Å². The van der Waals surface area contributed by atoms with Gasteiger partial charge in [0.15, 0.2) is 5.43 Å². The van der Waals surface area contributed by atoms with Gasteiger partial charge in [-0.3, -0.25) is 38.7 Å². The summed E-state index contributed by atoms with van der Waals surface area (Å²) in [6.45, 7) is 7.70. The first kappa shape index (κ1) is 34.8. The van der Waals surface area contributed by atoms with Gasteiger partial charge in [-0.25, -0.2) is 4.98 Å². The quantitative estimate of drug-likeness (QED) is 0.185. The highest BCUT2D eigenvalue weighted by molar-refractivity contribution is 7.24. The number of nitrogens with zero attached hydrogens (tertiary/aromatic N) is 4. The maximum absolute atomic E-state index is 13.1. The third-order valence-electron chi connectivity index (χ3n) is 7.79. The monoisotopic (exact) mass is 655 g/mol. The van der Waals surface area contributed by atoms with E-state index < -0.39 is 24.0 Å². The van der Waals surface area contributed by atoms with Gasteiger partial charge in [0.2, 0.25) is 11.8 Å². The Morgan fingerprint density at radius 2 is 1.35 bits per heavy atom. The number of rotatable bonds is 10. The van der Waals surface area contributed by atoms with Crippen LogP contribution >= 0.6 is 11.3 Å². The summed E-state index contributed by atoms with van der Waals surface area (Å²) in [4.78, 5) is 72.3. The number of carboxylic acid groups (broad SMARTS) is 2. The van der Waals surface area contributed by atoms with Gasteiger partial charge in [0.25, 0.3) is 0 Å². The number of hydrogen-bond donors (Lipinski definition) is 5. The van der Waals surface area contributed by atoms with Gasteiger partial charge in [-0.2, -0.15) is 0 Å². The van der Waals surface area contributed by atoms with Crippen LogP contribution in [0.15, 0.2) is 41.2 Å². The van der Waals surface area contributed by atoms with Crippen molar-refractivity contribution < 1.29 is 29.4 Å². The van der Waals surface area contributed by atoms with Crippen LogP contribution in [0.25, 0.3) is 20.3 Å². The Labute approximate surface area is 270 Å². The van der Waals surface area contributed by atoms with E-state index in [-0.39, 0.29) is 30.3 Å². The molecule has 46 heavy (non-hydrogen) atoms. The average Bonchev–Trinajstić information content (AvgIpc) is 3.00. The fourth-order valence-corrected chi connectivity index (χ4v) is 6.18. The number of pyridine rings is 1. The molecule has 1 fully saturated rings. The van der Waals surface area contributed by atoms with Gasteiger partial charge < -0.3 is 26.2 Å². The molecule has 0 bridgehead atoms. The number of benzene rings is 1. The Bertz CT molecular complexity index is 1570. The second kappa shape index (κ2) is 16.5. The Hall–Kier alpha value is -4.02. The van der Waals surface area contributed by atoms with Crippen LogP contribution in [-0.2, 0) is 25.7 Å². The normalized spacial score (nSPS) is 17.4. The summed E-state index contributed by atoms with van der Waals surface area (Å²) < 4.78 is 0.863. The van der Waals surface area contributed by atoms with Crippen LogP contribution in [0.1, 0.15) is 19.5 Å². The molecule has 1 aliphatic rings. The van der Waals surface area contributed by atoms with Crippen molar-refractivity contribution in [3.8, 4) is 0 Å². The SMILES string of the molecule is C[C@H](NC(=O)CN1CCNCCN(CC(=O)N[C@@H](C)C(=O)O)CCN(Cc2ccc3c(=O)c4ccccc4sc3n2)CC1)C(=O)O. The second-order valence-corrected chi connectivity index (χ2v) is 12.4. The highest BCUT2D eigenvalue weighted by Gasteiger charge is 2.21. The van der Waals surface area contributed by atoms with E-state index in [9.17, 15) is 34.2 Å². The molecule has 0 saturated carbocycles. The minimum absolute atomic E-state index is 0.0381. The molecule has 5 N–H and O–H groups in total. The third-order valence-corrected chi connectivity index (χ3v) is 8.87. The van der Waals surface area contributed by atoms with E-state index in [4.69, 9.17) is 4.98 Å². The van der Waals surface area contributed by atoms with Crippen LogP contribution in [0.4, 0.5) is 0 Å². The topological polar surface area (TPSA) is 185 Å². The first-order chi connectivity index (χ1) is 22.0. The lowest BCUT2D eigenvalue weighted by molar-refractivity contribution is -0.141. The molecular formula is C31H41N7O7S. The summed E-state index contributed by atoms with van der Waals surface area (Å²) >= 11 is 1.46. The molecule has 0 spiro atoms. The predicted octanol–water partition coefficient (Wildman–Crippen LogP) is -0.00250. The maximum atomic E-state index is 13.1. The highest BCUT2D eigenvalue weighted by Crippen LogP contribution is 2.23. The van der Waals surface area contributed by atoms with Crippen LogP contribution in [0.3, 0.4) is 0 Å². The molecule has 15 heteroatoms. The molecule has 0 aliphatic carbocycles. The standard InChI is InChI=1S/C31H41N7O7S/c1-20(30(42)43)33-26(39)18-36-11-9-32-10-12-37(19-27(40)34-21(2)31(44)45)14-16-38(15-13-36)17-22-7-8-24-28(41)23-5-3-4-6-25(23)46-29(24)35-22/h3-8,20-21,32H,9-19H2,1-2H3,(H,33,39)(H,34,40)(H,42,43)(H,44,45)/t20-,21-/m0/s1. The zero-order valence-corrected chi connectivity index (χ0v) is 26.8. The number of carboxylic acids is 2. The van der Waals surface area contributed by atoms with Crippen molar-refractivity contribution in [1.29, 1.82) is 0 Å². The fourth-order valence-electron chi connectivity index (χ4n) is 5.12. The Balaban J connectivity index is 1.52. The van der Waals surface area contributed by atoms with Crippen molar-refractivity contribution in [2.45, 2.75) is 32.5 Å². The summed E-state index contributed by atoms with van der Waals surface area (Å²) in [5.74, 6) is -2.96. The molecular weight excluding hydrogens is 614 g/mol. The molecule has 3 aromatic rings. The lowest BCUT2D eigenvalue weighted by Crippen LogP contribution is -2.50. The molecule has 1 aromatic carbocycles. The van der Waals surface area contributed by atoms with Gasteiger partial charge in [0.1, 0.15) is 16.9 Å². The Morgan fingerprint density at radius 3 is 1.91 bits per heavy atom. The molecule has 1 aliphatic heterocycles. The van der Waals surface area contributed by atoms with Crippen molar-refractivity contribution in [1.82, 2.24) is 35.6 Å². The molecule has 1 saturated heterocycles. The van der Waals surface area contributed by atoms with Gasteiger partial charge in [-0.1, -0.05) is 12.1 Å². The molecule has 2 amide bonds. The minimum Gasteiger partial charge on any atom is -0.480 e. The van der Waals surface area contributed by atoms with Gasteiger partial charge in [0, 0.05) is 69.0 Å². The molecule has 3 heterocycles. The molecule has 0 radical (unpaired) electrons. The third kappa shape index (κ3) is 9.99. The number of aliphatic carboxylic acids is 2. The smallest absolute Gasteiger partial charge is 0.325 e. The van der Waals surface area contributed by atoms with Crippen molar-refractivity contribution in [2.75, 3.05) is 65.4 Å². The lowest BCUT2D eigenvalue weighted by atomic mass is 10.2. The predicted molar refractivity (Wildman–Crippen MR) is 175 cm³/mol. The summed E-state index contributed by atoms with van der Waals surface area (Å²) in [5, 5.41) is 27.9. The van der Waals surface area contributed by atoms with E-state index in [1.54, 1.807) is 0 Å². The molecule has 14 nitrogen and oxygen atoms in total. The van der Waals surface area contributed by atoms with Crippen molar-refractivity contribution in [2.24, 2.45) is 0 Å². The Morgan fingerprint density at radius 1 is 0.804 bits per heavy atom. The molecule has 0 unspecified atom stereocenters. The fraction of sp³-hybridized carbons (Fsp3) is 0.484. The van der Waals surface area contributed by atoms with Crippen LogP contribution < -0.4 is 21.4 Å². The molecule has 2 atom stereocenters. The van der Waals surface area contributed by atoms with Crippen molar-refractivity contribution >= 4 is 55.4 Å². The van der Waals surface area contributed by atoms with Gasteiger partial charge in [-0.05, 0) is 38.1 Å². The van der Waals surface area contributed by atoms with E-state index in [2.05, 4.69) is 20.9 Å². The van der Waals surface area contributed by atoms with Crippen LogP contribution in [-0.4, -0.2) is 131 Å². The number of fused-ring (bicyclic) bond motifs is 2. The second-order valence-electron chi connectivity index (χ2n) is 11.4. The molecule has 2 aromatic heterocycles. The summed E-state index contributed by atoms with van der Waals surface area (Å²) in [7, 11) is 0. The summed E-state index contributed by atoms with van der Waals surface area (Å²) in [5.41, 5.74) is 0.715. The minimum atomic E-state index is -1.11. The number of carbonyl (C=O) groups is 4. The van der Waals surface area contributed by atoms with Crippen LogP contribution in [0.5, 0.6) is 0 Å². The van der Waals surface area contributed by atoms with Gasteiger partial charge in [0.05, 0.1) is 24.2 Å². The van der Waals surface area contributed by atoms with E-state index in [1.807, 2.05) is 46.2 Å². The summed E-state index contributed by atoms with van der Waals surface area (Å²) in [6.07, 6.45) is 0. The number of nitrogens with one attached hydrogen (secondary N) is 3. The maximum Gasteiger partial charge on any atom is 0.325 e. The molecule has 248 valence electrons. The van der Waals surface area contributed by atoms with E-state index >= 15 is 0 Å². The lowest BCUT2D eigenvalue weighted by Gasteiger charge is -2.31. The van der Waals surface area contributed by atoms with Crippen LogP contribution in [0, 0.1) is 0 Å². The number of amides is 2.